The van der Waals surface area contributed by atoms with Gasteiger partial charge in [0.05, 0.1) is 16.0 Å². The van der Waals surface area contributed by atoms with E-state index in [9.17, 15) is 34.8 Å². The van der Waals surface area contributed by atoms with Crippen molar-refractivity contribution in [3.8, 4) is 0 Å². The average Bonchev–Trinajstić information content (AvgIpc) is 2.73. The molecule has 3 aromatic carbocycles. The molecular weight excluding hydrogens is 504 g/mol. The van der Waals surface area contributed by atoms with Crippen LogP contribution in [0.15, 0.2) is 77.7 Å². The Morgan fingerprint density at radius 1 is 0.618 bits per heavy atom. The number of halogens is 6. The standard InChI is InChI=1S/C21H15F6N3O2S2/c22-20(23,24)13-1-5-15(6-2-13)28-19(33)29-16-9-11-18(12-10-16)34(31,32)30-17-7-3-14(4-8-17)21(25,26)27/h1-12,30H,(H2,28,29,33). The summed E-state index contributed by atoms with van der Waals surface area (Å²) in [5.74, 6) is 0. The highest BCUT2D eigenvalue weighted by atomic mass is 32.2. The van der Waals surface area contributed by atoms with Crippen LogP contribution in [0.4, 0.5) is 43.4 Å². The summed E-state index contributed by atoms with van der Waals surface area (Å²) in [6.45, 7) is 0. The number of alkyl halides is 6. The molecule has 5 nitrogen and oxygen atoms in total. The molecule has 13 heteroatoms. The van der Waals surface area contributed by atoms with Crippen LogP contribution in [0.1, 0.15) is 11.1 Å². The molecule has 0 spiro atoms. The molecule has 3 rings (SSSR count). The van der Waals surface area contributed by atoms with Gasteiger partial charge in [0.15, 0.2) is 5.11 Å². The van der Waals surface area contributed by atoms with E-state index in [1.807, 2.05) is 0 Å². The molecule has 0 fully saturated rings. The molecular formula is C21H15F6N3O2S2. The largest absolute Gasteiger partial charge is 0.416 e. The molecule has 0 bridgehead atoms. The second-order valence-corrected chi connectivity index (χ2v) is 8.95. The third-order valence-corrected chi connectivity index (χ3v) is 5.96. The first kappa shape index (κ1) is 25.3. The van der Waals surface area contributed by atoms with Crippen LogP contribution in [0.3, 0.4) is 0 Å². The van der Waals surface area contributed by atoms with Gasteiger partial charge >= 0.3 is 12.4 Å². The molecule has 3 N–H and O–H groups in total. The minimum absolute atomic E-state index is 0.0443. The van der Waals surface area contributed by atoms with E-state index in [0.29, 0.717) is 11.4 Å². The van der Waals surface area contributed by atoms with Gasteiger partial charge in [0.2, 0.25) is 0 Å². The summed E-state index contributed by atoms with van der Waals surface area (Å²) >= 11 is 5.10. The Kier molecular flexibility index (Phi) is 7.07. The molecule has 0 heterocycles. The molecule has 180 valence electrons. The van der Waals surface area contributed by atoms with E-state index in [1.165, 1.54) is 36.4 Å². The monoisotopic (exact) mass is 519 g/mol. The highest BCUT2D eigenvalue weighted by molar-refractivity contribution is 7.92. The van der Waals surface area contributed by atoms with E-state index < -0.39 is 33.5 Å². The molecule has 0 aliphatic heterocycles. The van der Waals surface area contributed by atoms with Gasteiger partial charge in [-0.25, -0.2) is 8.42 Å². The van der Waals surface area contributed by atoms with Gasteiger partial charge in [-0.15, -0.1) is 0 Å². The van der Waals surface area contributed by atoms with Crippen LogP contribution >= 0.6 is 12.2 Å². The normalized spacial score (nSPS) is 12.2. The van der Waals surface area contributed by atoms with Crippen molar-refractivity contribution in [2.24, 2.45) is 0 Å². The van der Waals surface area contributed by atoms with Crippen molar-refractivity contribution in [2.45, 2.75) is 17.2 Å². The number of thiocarbonyl (C=S) groups is 1. The zero-order chi connectivity index (χ0) is 25.1. The summed E-state index contributed by atoms with van der Waals surface area (Å²) < 4.78 is 103. The van der Waals surface area contributed by atoms with Crippen molar-refractivity contribution in [3.63, 3.8) is 0 Å². The fourth-order valence-corrected chi connectivity index (χ4v) is 3.99. The third-order valence-electron chi connectivity index (χ3n) is 4.36. The molecule has 34 heavy (non-hydrogen) atoms. The van der Waals surface area contributed by atoms with Gasteiger partial charge in [0.1, 0.15) is 0 Å². The van der Waals surface area contributed by atoms with Crippen molar-refractivity contribution in [1.29, 1.82) is 0 Å². The fourth-order valence-electron chi connectivity index (χ4n) is 2.69. The van der Waals surface area contributed by atoms with Gasteiger partial charge < -0.3 is 10.6 Å². The lowest BCUT2D eigenvalue weighted by Gasteiger charge is -2.13. The van der Waals surface area contributed by atoms with Crippen molar-refractivity contribution >= 4 is 44.4 Å². The summed E-state index contributed by atoms with van der Waals surface area (Å²) in [5.41, 5.74) is -1.06. The highest BCUT2D eigenvalue weighted by Gasteiger charge is 2.30. The van der Waals surface area contributed by atoms with Crippen LogP contribution in [0.5, 0.6) is 0 Å². The Hall–Kier alpha value is -3.32. The van der Waals surface area contributed by atoms with Gasteiger partial charge in [-0.1, -0.05) is 0 Å². The van der Waals surface area contributed by atoms with Crippen molar-refractivity contribution < 1.29 is 34.8 Å². The summed E-state index contributed by atoms with van der Waals surface area (Å²) in [6, 6.07) is 13.0. The summed E-state index contributed by atoms with van der Waals surface area (Å²) in [6.07, 6.45) is -9.00. The number of nitrogens with one attached hydrogen (secondary N) is 3. The van der Waals surface area contributed by atoms with E-state index in [0.717, 1.165) is 36.4 Å². The topological polar surface area (TPSA) is 70.2 Å². The first-order valence-corrected chi connectivity index (χ1v) is 11.2. The zero-order valence-electron chi connectivity index (χ0n) is 16.8. The summed E-state index contributed by atoms with van der Waals surface area (Å²) in [4.78, 5) is -0.153. The van der Waals surface area contributed by atoms with Gasteiger partial charge in [-0.05, 0) is 85.0 Å². The maximum atomic E-state index is 12.6. The molecule has 3 aromatic rings. The van der Waals surface area contributed by atoms with Crippen LogP contribution in [0.2, 0.25) is 0 Å². The first-order chi connectivity index (χ1) is 15.7. The van der Waals surface area contributed by atoms with E-state index in [2.05, 4.69) is 15.4 Å². The molecule has 0 saturated carbocycles. The Balaban J connectivity index is 1.62. The SMILES string of the molecule is O=S(=O)(Nc1ccc(C(F)(F)F)cc1)c1ccc(NC(=S)Nc2ccc(C(F)(F)F)cc2)cc1. The molecule has 0 aliphatic rings. The Labute approximate surface area is 195 Å². The average molecular weight is 519 g/mol. The Morgan fingerprint density at radius 3 is 1.35 bits per heavy atom. The van der Waals surface area contributed by atoms with Crippen molar-refractivity contribution in [1.82, 2.24) is 0 Å². The lowest BCUT2D eigenvalue weighted by atomic mass is 10.2. The van der Waals surface area contributed by atoms with Crippen LogP contribution in [0, 0.1) is 0 Å². The molecule has 0 saturated heterocycles. The predicted molar refractivity (Wildman–Crippen MR) is 120 cm³/mol. The van der Waals surface area contributed by atoms with Crippen LogP contribution < -0.4 is 15.4 Å². The number of sulfonamides is 1. The molecule has 0 aliphatic carbocycles. The molecule has 0 unspecified atom stereocenters. The van der Waals surface area contributed by atoms with Crippen molar-refractivity contribution in [3.05, 3.63) is 83.9 Å². The van der Waals surface area contributed by atoms with Gasteiger partial charge in [-0.3, -0.25) is 4.72 Å². The van der Waals surface area contributed by atoms with Crippen LogP contribution in [0.25, 0.3) is 0 Å². The number of hydrogen-bond acceptors (Lipinski definition) is 3. The molecule has 0 atom stereocenters. The molecule has 0 radical (unpaired) electrons. The number of benzene rings is 3. The van der Waals surface area contributed by atoms with Gasteiger partial charge in [0.25, 0.3) is 10.0 Å². The fraction of sp³-hybridized carbons (Fsp3) is 0.0952. The van der Waals surface area contributed by atoms with Gasteiger partial charge in [-0.2, -0.15) is 26.3 Å². The highest BCUT2D eigenvalue weighted by Crippen LogP contribution is 2.31. The third kappa shape index (κ3) is 6.60. The first-order valence-electron chi connectivity index (χ1n) is 9.29. The van der Waals surface area contributed by atoms with E-state index >= 15 is 0 Å². The lowest BCUT2D eigenvalue weighted by molar-refractivity contribution is -0.138. The molecule has 0 amide bonds. The maximum Gasteiger partial charge on any atom is 0.416 e. The number of rotatable bonds is 5. The second kappa shape index (κ2) is 9.50. The minimum Gasteiger partial charge on any atom is -0.332 e. The van der Waals surface area contributed by atoms with E-state index in [4.69, 9.17) is 12.2 Å². The van der Waals surface area contributed by atoms with Gasteiger partial charge in [0, 0.05) is 17.1 Å². The Bertz CT molecular complexity index is 1260. The smallest absolute Gasteiger partial charge is 0.332 e. The van der Waals surface area contributed by atoms with E-state index in [1.54, 1.807) is 0 Å². The lowest BCUT2D eigenvalue weighted by Crippen LogP contribution is -2.19. The molecule has 0 aromatic heterocycles. The maximum absolute atomic E-state index is 12.6. The van der Waals surface area contributed by atoms with Crippen LogP contribution in [-0.4, -0.2) is 13.5 Å². The summed E-state index contributed by atoms with van der Waals surface area (Å²) in [7, 11) is -4.07. The summed E-state index contributed by atoms with van der Waals surface area (Å²) in [5, 5.41) is 5.52. The Morgan fingerprint density at radius 2 is 0.971 bits per heavy atom. The predicted octanol–water partition coefficient (Wildman–Crippen LogP) is 6.33. The number of anilines is 3. The van der Waals surface area contributed by atoms with Crippen LogP contribution in [-0.2, 0) is 22.4 Å². The van der Waals surface area contributed by atoms with Crippen molar-refractivity contribution in [2.75, 3.05) is 15.4 Å². The zero-order valence-corrected chi connectivity index (χ0v) is 18.5. The number of hydrogen-bond donors (Lipinski definition) is 3. The quantitative estimate of drug-likeness (QED) is 0.271. The minimum atomic E-state index is -4.54. The second-order valence-electron chi connectivity index (χ2n) is 6.86. The van der Waals surface area contributed by atoms with E-state index in [-0.39, 0.29) is 15.7 Å².